The summed E-state index contributed by atoms with van der Waals surface area (Å²) in [4.78, 5) is 0. The Labute approximate surface area is 128 Å². The Morgan fingerprint density at radius 2 is 0.273 bits per heavy atom. The molecular weight excluding hydrogens is 522 g/mol. The maximum Gasteiger partial charge on any atom is 5.00 e. The van der Waals surface area contributed by atoms with Crippen LogP contribution in [0.15, 0.2) is 0 Å². The molecule has 11 heavy (non-hydrogen) atoms. The van der Waals surface area contributed by atoms with Gasteiger partial charge in [-0.2, -0.15) is 0 Å². The first-order valence-corrected chi connectivity index (χ1v) is 0. The third kappa shape index (κ3) is 196. The Kier molecular flexibility index (Phi) is 6360. The van der Waals surface area contributed by atoms with Crippen LogP contribution in [0.3, 0.4) is 0 Å². The van der Waals surface area contributed by atoms with Crippen LogP contribution >= 0.6 is 0 Å². The standard InChI is InChI=1S/2Mg.7O.2Ta/q2*+2;7*-2;2*+5. The molecule has 0 rings (SSSR count). The van der Waals surface area contributed by atoms with Gasteiger partial charge in [-0.3, -0.25) is 0 Å². The van der Waals surface area contributed by atoms with Crippen molar-refractivity contribution in [1.29, 1.82) is 0 Å². The van der Waals surface area contributed by atoms with E-state index < -0.39 is 0 Å². The van der Waals surface area contributed by atoms with Gasteiger partial charge in [0.2, 0.25) is 0 Å². The third-order valence-electron chi connectivity index (χ3n) is 0. The summed E-state index contributed by atoms with van der Waals surface area (Å²) in [5.41, 5.74) is 0. The molecule has 0 N–H and O–H groups in total. The molecule has 0 fully saturated rings. The molecule has 0 spiro atoms. The maximum atomic E-state index is 0. The molecule has 0 aromatic rings. The quantitative estimate of drug-likeness (QED) is 0.330. The maximum absolute atomic E-state index is 0. The van der Waals surface area contributed by atoms with Crippen LogP contribution in [0, 0.1) is 0 Å². The van der Waals surface area contributed by atoms with Crippen molar-refractivity contribution in [2.24, 2.45) is 0 Å². The zero-order valence-electron chi connectivity index (χ0n) is 5.17. The van der Waals surface area contributed by atoms with Gasteiger partial charge in [0, 0.05) is 0 Å². The molecule has 0 bridgehead atoms. The first-order chi connectivity index (χ1) is 0. The number of rotatable bonds is 0. The van der Waals surface area contributed by atoms with Crippen LogP contribution in [-0.2, 0) is 83.1 Å². The van der Waals surface area contributed by atoms with Gasteiger partial charge in [0.25, 0.3) is 0 Å². The number of hydrogen-bond acceptors (Lipinski definition) is 0. The summed E-state index contributed by atoms with van der Waals surface area (Å²) in [5, 5.41) is 0. The zero-order chi connectivity index (χ0) is 0. The number of hydrogen-bond donors (Lipinski definition) is 0. The zero-order valence-corrected chi connectivity index (χ0v) is 14.4. The van der Waals surface area contributed by atoms with Crippen molar-refractivity contribution < 1.29 is 83.1 Å². The molecule has 0 atom stereocenters. The van der Waals surface area contributed by atoms with Crippen molar-refractivity contribution in [3.05, 3.63) is 0 Å². The summed E-state index contributed by atoms with van der Waals surface area (Å²) in [6.07, 6.45) is 0. The van der Waals surface area contributed by atoms with Crippen LogP contribution in [0.2, 0.25) is 0 Å². The summed E-state index contributed by atoms with van der Waals surface area (Å²) in [6, 6.07) is 0. The fraction of sp³-hybridized carbons (Fsp3) is 0. The van der Waals surface area contributed by atoms with E-state index in [0.717, 1.165) is 0 Å². The smallest absolute Gasteiger partial charge is 2.00 e. The van der Waals surface area contributed by atoms with Crippen molar-refractivity contribution in [3.63, 3.8) is 0 Å². The topological polar surface area (TPSA) is 200 Å². The minimum absolute atomic E-state index is 0. The average molecular weight is 522 g/mol. The largest absolute Gasteiger partial charge is 5.00 e. The Balaban J connectivity index is 0. The molecule has 0 heterocycles. The summed E-state index contributed by atoms with van der Waals surface area (Å²) >= 11 is 0. The van der Waals surface area contributed by atoms with Crippen molar-refractivity contribution in [1.82, 2.24) is 0 Å². The second kappa shape index (κ2) is 235. The van der Waals surface area contributed by atoms with E-state index in [9.17, 15) is 0 Å². The minimum Gasteiger partial charge on any atom is -2.00 e. The molecule has 0 saturated carbocycles. The molecule has 7 nitrogen and oxygen atoms in total. The van der Waals surface area contributed by atoms with Crippen molar-refractivity contribution in [2.75, 3.05) is 0 Å². The van der Waals surface area contributed by atoms with E-state index in [1.54, 1.807) is 0 Å². The molecule has 0 aliphatic carbocycles. The molecule has 0 saturated heterocycles. The normalized spacial score (nSPS) is 0. The van der Waals surface area contributed by atoms with E-state index in [1.165, 1.54) is 0 Å². The second-order valence-corrected chi connectivity index (χ2v) is 0. The summed E-state index contributed by atoms with van der Waals surface area (Å²) < 4.78 is 0. The van der Waals surface area contributed by atoms with Gasteiger partial charge in [0.05, 0.1) is 0 Å². The van der Waals surface area contributed by atoms with Gasteiger partial charge >= 0.3 is 90.9 Å². The van der Waals surface area contributed by atoms with Crippen LogP contribution in [-0.4, -0.2) is 46.1 Å². The van der Waals surface area contributed by atoms with Crippen LogP contribution in [0.4, 0.5) is 0 Å². The monoisotopic (exact) mass is 522 g/mol. The first kappa shape index (κ1) is 298. The molecule has 11 heteroatoms. The molecule has 0 aliphatic rings. The van der Waals surface area contributed by atoms with Crippen LogP contribution < -0.4 is 0 Å². The SMILES string of the molecule is [Mg+2].[Mg+2].[O-2].[O-2].[O-2].[O-2].[O-2].[O-2].[O-2].[Ta+5].[Ta+5]. The first-order valence-electron chi connectivity index (χ1n) is 0. The van der Waals surface area contributed by atoms with Crippen LogP contribution in [0.5, 0.6) is 0 Å². The Hall–Kier alpha value is 2.73. The van der Waals surface area contributed by atoms with Crippen LogP contribution in [0.25, 0.3) is 0 Å². The van der Waals surface area contributed by atoms with Crippen molar-refractivity contribution >= 4 is 46.1 Å². The molecule has 0 radical (unpaired) electrons. The fourth-order valence-electron chi connectivity index (χ4n) is 0. The van der Waals surface area contributed by atoms with Gasteiger partial charge in [0.1, 0.15) is 0 Å². The van der Waals surface area contributed by atoms with E-state index in [0.29, 0.717) is 0 Å². The summed E-state index contributed by atoms with van der Waals surface area (Å²) in [6.45, 7) is 0. The molecule has 0 aliphatic heterocycles. The fourth-order valence-corrected chi connectivity index (χ4v) is 0. The van der Waals surface area contributed by atoms with Crippen LogP contribution in [0.1, 0.15) is 0 Å². The molecule has 0 unspecified atom stereocenters. The predicted molar refractivity (Wildman–Crippen MR) is 16.3 cm³/mol. The molecule has 0 amide bonds. The summed E-state index contributed by atoms with van der Waals surface area (Å²) in [7, 11) is 0. The molecular formula is Mg2O7Ta2. The molecule has 0 aromatic carbocycles. The van der Waals surface area contributed by atoms with E-state index >= 15 is 0 Å². The Morgan fingerprint density at radius 3 is 0.273 bits per heavy atom. The Bertz CT molecular complexity index is 14.4. The van der Waals surface area contributed by atoms with Crippen molar-refractivity contribution in [2.45, 2.75) is 0 Å². The van der Waals surface area contributed by atoms with E-state index in [2.05, 4.69) is 0 Å². The van der Waals surface area contributed by atoms with Crippen molar-refractivity contribution in [3.8, 4) is 0 Å². The van der Waals surface area contributed by atoms with Gasteiger partial charge in [-0.15, -0.1) is 0 Å². The van der Waals surface area contributed by atoms with Gasteiger partial charge in [-0.25, -0.2) is 0 Å². The van der Waals surface area contributed by atoms with E-state index in [1.807, 2.05) is 0 Å². The second-order valence-electron chi connectivity index (χ2n) is 0. The molecule has 0 aromatic heterocycles. The average Bonchev–Trinajstić information content (AvgIpc) is 0. The third-order valence-corrected chi connectivity index (χ3v) is 0. The van der Waals surface area contributed by atoms with E-state index in [4.69, 9.17) is 0 Å². The van der Waals surface area contributed by atoms with Gasteiger partial charge in [0.15, 0.2) is 0 Å². The predicted octanol–water partition coefficient (Wildman–Crippen LogP) is -1.60. The summed E-state index contributed by atoms with van der Waals surface area (Å²) in [5.74, 6) is 0. The van der Waals surface area contributed by atoms with E-state index in [-0.39, 0.29) is 129 Å². The Morgan fingerprint density at radius 1 is 0.273 bits per heavy atom. The molecule has 56 valence electrons. The van der Waals surface area contributed by atoms with Gasteiger partial charge < -0.3 is 38.3 Å². The van der Waals surface area contributed by atoms with Gasteiger partial charge in [-0.1, -0.05) is 0 Å². The van der Waals surface area contributed by atoms with Gasteiger partial charge in [-0.05, 0) is 0 Å². The minimum atomic E-state index is 0.